The largest absolute Gasteiger partial charge is 0.476 e. The van der Waals surface area contributed by atoms with Crippen molar-refractivity contribution in [2.45, 2.75) is 25.9 Å². The number of anilines is 1. The molecule has 1 unspecified atom stereocenters. The highest BCUT2D eigenvalue weighted by Gasteiger charge is 2.22. The number of oxazole rings is 1. The zero-order valence-corrected chi connectivity index (χ0v) is 9.76. The van der Waals surface area contributed by atoms with Crippen LogP contribution in [0.1, 0.15) is 30.3 Å². The molecule has 2 rings (SSSR count). The van der Waals surface area contributed by atoms with E-state index in [2.05, 4.69) is 4.98 Å². The van der Waals surface area contributed by atoms with Crippen molar-refractivity contribution in [2.75, 3.05) is 24.6 Å². The second-order valence-electron chi connectivity index (χ2n) is 3.99. The number of hydrogen-bond donors (Lipinski definition) is 1. The summed E-state index contributed by atoms with van der Waals surface area (Å²) in [7, 11) is 0. The maximum atomic E-state index is 10.7. The first kappa shape index (κ1) is 11.9. The molecule has 6 nitrogen and oxygen atoms in total. The molecule has 1 atom stereocenters. The molecular formula is C11H16N2O4. The molecule has 0 amide bonds. The Kier molecular flexibility index (Phi) is 3.63. The molecule has 1 N–H and O–H groups in total. The Morgan fingerprint density at radius 2 is 2.53 bits per heavy atom. The van der Waals surface area contributed by atoms with E-state index in [0.717, 1.165) is 25.7 Å². The minimum Gasteiger partial charge on any atom is -0.476 e. The number of carboxylic acids is 1. The fourth-order valence-corrected chi connectivity index (χ4v) is 1.88. The first-order chi connectivity index (χ1) is 8.20. The predicted octanol–water partition coefficient (Wildman–Crippen LogP) is 1.38. The zero-order chi connectivity index (χ0) is 12.3. The lowest BCUT2D eigenvalue weighted by Gasteiger charge is -2.21. The third-order valence-electron chi connectivity index (χ3n) is 2.81. The topological polar surface area (TPSA) is 75.8 Å². The van der Waals surface area contributed by atoms with Gasteiger partial charge in [-0.05, 0) is 19.8 Å². The fraction of sp³-hybridized carbons (Fsp3) is 0.636. The number of nitrogens with zero attached hydrogens (tertiary/aromatic N) is 2. The lowest BCUT2D eigenvalue weighted by molar-refractivity contribution is 0.0690. The smallest absolute Gasteiger partial charge is 0.357 e. The van der Waals surface area contributed by atoms with E-state index in [1.165, 1.54) is 0 Å². The van der Waals surface area contributed by atoms with Crippen LogP contribution in [0.4, 0.5) is 6.01 Å². The molecule has 2 heterocycles. The van der Waals surface area contributed by atoms with E-state index >= 15 is 0 Å². The summed E-state index contributed by atoms with van der Waals surface area (Å²) in [5.74, 6) is -1.08. The van der Waals surface area contributed by atoms with Crippen LogP contribution in [0.5, 0.6) is 0 Å². The van der Waals surface area contributed by atoms with Gasteiger partial charge in [-0.2, -0.15) is 4.98 Å². The van der Waals surface area contributed by atoms with E-state index in [4.69, 9.17) is 14.3 Å². The first-order valence-electron chi connectivity index (χ1n) is 5.76. The van der Waals surface area contributed by atoms with Crippen LogP contribution in [-0.2, 0) is 4.74 Å². The van der Waals surface area contributed by atoms with Gasteiger partial charge in [-0.15, -0.1) is 0 Å². The van der Waals surface area contributed by atoms with Gasteiger partial charge in [0.25, 0.3) is 6.01 Å². The van der Waals surface area contributed by atoms with Crippen LogP contribution in [0.15, 0.2) is 10.7 Å². The average Bonchev–Trinajstić information content (AvgIpc) is 2.96. The van der Waals surface area contributed by atoms with Crippen LogP contribution >= 0.6 is 0 Å². The predicted molar refractivity (Wildman–Crippen MR) is 60.3 cm³/mol. The van der Waals surface area contributed by atoms with Crippen molar-refractivity contribution in [3.05, 3.63) is 12.0 Å². The molecule has 0 aromatic carbocycles. The Balaban J connectivity index is 2.02. The lowest BCUT2D eigenvalue weighted by Crippen LogP contribution is -2.32. The summed E-state index contributed by atoms with van der Waals surface area (Å²) in [6.07, 6.45) is 3.46. The van der Waals surface area contributed by atoms with Gasteiger partial charge >= 0.3 is 5.97 Å². The van der Waals surface area contributed by atoms with Crippen LogP contribution in [0.2, 0.25) is 0 Å². The molecule has 17 heavy (non-hydrogen) atoms. The average molecular weight is 240 g/mol. The molecule has 0 spiro atoms. The van der Waals surface area contributed by atoms with Gasteiger partial charge in [0.15, 0.2) is 5.69 Å². The van der Waals surface area contributed by atoms with Crippen LogP contribution in [0, 0.1) is 0 Å². The Morgan fingerprint density at radius 1 is 1.71 bits per heavy atom. The van der Waals surface area contributed by atoms with E-state index < -0.39 is 5.97 Å². The number of rotatable bonds is 5. The number of ether oxygens (including phenoxy) is 1. The third-order valence-corrected chi connectivity index (χ3v) is 2.81. The molecule has 1 aromatic heterocycles. The normalized spacial score (nSPS) is 19.5. The van der Waals surface area contributed by atoms with Crippen molar-refractivity contribution < 1.29 is 19.1 Å². The highest BCUT2D eigenvalue weighted by atomic mass is 16.5. The number of likely N-dealkylation sites (N-methyl/N-ethyl adjacent to an activating group) is 1. The second-order valence-corrected chi connectivity index (χ2v) is 3.99. The van der Waals surface area contributed by atoms with Crippen molar-refractivity contribution in [2.24, 2.45) is 0 Å². The van der Waals surface area contributed by atoms with Gasteiger partial charge in [-0.3, -0.25) is 0 Å². The molecule has 0 radical (unpaired) electrons. The molecule has 0 saturated carbocycles. The third kappa shape index (κ3) is 2.76. The van der Waals surface area contributed by atoms with Crippen molar-refractivity contribution in [3.8, 4) is 0 Å². The van der Waals surface area contributed by atoms with Crippen LogP contribution in [-0.4, -0.2) is 41.9 Å². The minimum absolute atomic E-state index is 0.0641. The summed E-state index contributed by atoms with van der Waals surface area (Å²) in [6.45, 7) is 4.17. The molecule has 0 bridgehead atoms. The lowest BCUT2D eigenvalue weighted by atomic mass is 10.2. The highest BCUT2D eigenvalue weighted by molar-refractivity contribution is 5.85. The Bertz CT molecular complexity index is 385. The van der Waals surface area contributed by atoms with Crippen LogP contribution in [0.25, 0.3) is 0 Å². The molecule has 1 aliphatic rings. The van der Waals surface area contributed by atoms with Crippen LogP contribution < -0.4 is 4.90 Å². The first-order valence-corrected chi connectivity index (χ1v) is 5.76. The molecule has 1 aliphatic heterocycles. The Labute approximate surface area is 99.2 Å². The molecule has 1 aromatic rings. The minimum atomic E-state index is -1.08. The molecule has 1 fully saturated rings. The van der Waals surface area contributed by atoms with Gasteiger partial charge in [-0.1, -0.05) is 0 Å². The highest BCUT2D eigenvalue weighted by Crippen LogP contribution is 2.18. The molecule has 1 saturated heterocycles. The van der Waals surface area contributed by atoms with Gasteiger partial charge < -0.3 is 19.2 Å². The second kappa shape index (κ2) is 5.18. The van der Waals surface area contributed by atoms with E-state index in [1.54, 1.807) is 0 Å². The van der Waals surface area contributed by atoms with Gasteiger partial charge in [0, 0.05) is 19.7 Å². The molecule has 94 valence electrons. The molecule has 6 heteroatoms. The summed E-state index contributed by atoms with van der Waals surface area (Å²) < 4.78 is 10.7. The molecular weight excluding hydrogens is 224 g/mol. The van der Waals surface area contributed by atoms with Gasteiger partial charge in [0.05, 0.1) is 6.10 Å². The quantitative estimate of drug-likeness (QED) is 0.837. The fourth-order valence-electron chi connectivity index (χ4n) is 1.88. The molecule has 0 aliphatic carbocycles. The van der Waals surface area contributed by atoms with Crippen molar-refractivity contribution in [3.63, 3.8) is 0 Å². The number of carbonyl (C=O) groups is 1. The number of aromatic nitrogens is 1. The summed E-state index contributed by atoms with van der Waals surface area (Å²) >= 11 is 0. The van der Waals surface area contributed by atoms with Crippen molar-refractivity contribution in [1.29, 1.82) is 0 Å². The van der Waals surface area contributed by atoms with E-state index in [9.17, 15) is 4.79 Å². The zero-order valence-electron chi connectivity index (χ0n) is 9.76. The summed E-state index contributed by atoms with van der Waals surface area (Å²) in [6, 6.07) is 0.348. The Morgan fingerprint density at radius 3 is 3.06 bits per heavy atom. The van der Waals surface area contributed by atoms with Gasteiger partial charge in [0.2, 0.25) is 0 Å². The van der Waals surface area contributed by atoms with Gasteiger partial charge in [-0.25, -0.2) is 4.79 Å². The van der Waals surface area contributed by atoms with E-state index in [-0.39, 0.29) is 11.8 Å². The maximum absolute atomic E-state index is 10.7. The van der Waals surface area contributed by atoms with E-state index in [1.807, 2.05) is 11.8 Å². The van der Waals surface area contributed by atoms with E-state index in [0.29, 0.717) is 19.1 Å². The van der Waals surface area contributed by atoms with Crippen molar-refractivity contribution >= 4 is 12.0 Å². The maximum Gasteiger partial charge on any atom is 0.357 e. The van der Waals surface area contributed by atoms with Gasteiger partial charge in [0.1, 0.15) is 6.26 Å². The summed E-state index contributed by atoms with van der Waals surface area (Å²) in [4.78, 5) is 16.5. The summed E-state index contributed by atoms with van der Waals surface area (Å²) in [5, 5.41) is 8.77. The SMILES string of the molecule is CCN(CC1CCCO1)c1nc(C(=O)O)co1. The van der Waals surface area contributed by atoms with Crippen molar-refractivity contribution in [1.82, 2.24) is 4.98 Å². The monoisotopic (exact) mass is 240 g/mol. The standard InChI is InChI=1S/C11H16N2O4/c1-2-13(6-8-4-3-5-16-8)11-12-9(7-17-11)10(14)15/h7-8H,2-6H2,1H3,(H,14,15). The number of carboxylic acid groups (broad SMARTS) is 1. The number of aromatic carboxylic acids is 1. The number of hydrogen-bond acceptors (Lipinski definition) is 5. The van der Waals surface area contributed by atoms with Crippen LogP contribution in [0.3, 0.4) is 0 Å². The summed E-state index contributed by atoms with van der Waals surface area (Å²) in [5.41, 5.74) is -0.0641. The Hall–Kier alpha value is -1.56.